The third-order valence-electron chi connectivity index (χ3n) is 4.73. The van der Waals surface area contributed by atoms with Crippen molar-refractivity contribution in [3.05, 3.63) is 52.1 Å². The molecule has 7 nitrogen and oxygen atoms in total. The van der Waals surface area contributed by atoms with Gasteiger partial charge in [0.15, 0.2) is 0 Å². The number of hydrogen-bond donors (Lipinski definition) is 1. The Hall–Kier alpha value is -2.76. The molecular weight excluding hydrogens is 363 g/mol. The number of ether oxygens (including phenoxy) is 2. The van der Waals surface area contributed by atoms with Gasteiger partial charge in [-0.15, -0.1) is 0 Å². The lowest BCUT2D eigenvalue weighted by molar-refractivity contribution is -0.00716. The lowest BCUT2D eigenvalue weighted by Crippen LogP contribution is -2.29. The van der Waals surface area contributed by atoms with Gasteiger partial charge in [0.25, 0.3) is 5.91 Å². The van der Waals surface area contributed by atoms with E-state index in [1.165, 1.54) is 18.2 Å². The first-order chi connectivity index (χ1) is 13.4. The number of nitrogens with one attached hydrogen (secondary N) is 1. The SMILES string of the molecule is COCCn1nc2c(c1C(=O)NCc1cc(C#N)ccc1F)C[C@H](C)O[C@@H]2C. The number of carbonyl (C=O) groups is 1. The van der Waals surface area contributed by atoms with Gasteiger partial charge in [0.2, 0.25) is 0 Å². The highest BCUT2D eigenvalue weighted by Gasteiger charge is 2.32. The van der Waals surface area contributed by atoms with Crippen LogP contribution in [0.2, 0.25) is 0 Å². The van der Waals surface area contributed by atoms with Crippen molar-refractivity contribution < 1.29 is 18.7 Å². The molecule has 1 aliphatic rings. The van der Waals surface area contributed by atoms with Crippen LogP contribution in [-0.2, 0) is 29.0 Å². The Kier molecular flexibility index (Phi) is 6.07. The summed E-state index contributed by atoms with van der Waals surface area (Å²) in [6.45, 7) is 4.67. The van der Waals surface area contributed by atoms with E-state index in [2.05, 4.69) is 10.4 Å². The lowest BCUT2D eigenvalue weighted by Gasteiger charge is -2.24. The Labute approximate surface area is 163 Å². The van der Waals surface area contributed by atoms with Crippen molar-refractivity contribution >= 4 is 5.91 Å². The maximum absolute atomic E-state index is 14.0. The van der Waals surface area contributed by atoms with Crippen molar-refractivity contribution in [2.45, 2.75) is 45.6 Å². The number of fused-ring (bicyclic) bond motifs is 1. The zero-order valence-corrected chi connectivity index (χ0v) is 16.2. The molecule has 3 rings (SSSR count). The molecule has 8 heteroatoms. The van der Waals surface area contributed by atoms with Gasteiger partial charge in [0, 0.05) is 31.2 Å². The maximum Gasteiger partial charge on any atom is 0.270 e. The molecule has 0 spiro atoms. The molecule has 0 saturated carbocycles. The first-order valence-electron chi connectivity index (χ1n) is 9.15. The van der Waals surface area contributed by atoms with E-state index >= 15 is 0 Å². The number of nitrogens with zero attached hydrogens (tertiary/aromatic N) is 3. The van der Waals surface area contributed by atoms with E-state index < -0.39 is 5.82 Å². The third-order valence-corrected chi connectivity index (χ3v) is 4.73. The van der Waals surface area contributed by atoms with Crippen LogP contribution in [0.4, 0.5) is 4.39 Å². The molecule has 1 aromatic heterocycles. The molecule has 0 fully saturated rings. The van der Waals surface area contributed by atoms with Crippen molar-refractivity contribution in [2.75, 3.05) is 13.7 Å². The van der Waals surface area contributed by atoms with Crippen LogP contribution < -0.4 is 5.32 Å². The van der Waals surface area contributed by atoms with Gasteiger partial charge in [-0.3, -0.25) is 9.48 Å². The van der Waals surface area contributed by atoms with Gasteiger partial charge in [0.05, 0.1) is 42.7 Å². The zero-order chi connectivity index (χ0) is 20.3. The van der Waals surface area contributed by atoms with Crippen LogP contribution in [0.5, 0.6) is 0 Å². The monoisotopic (exact) mass is 386 g/mol. The van der Waals surface area contributed by atoms with Gasteiger partial charge in [0.1, 0.15) is 11.5 Å². The van der Waals surface area contributed by atoms with Crippen molar-refractivity contribution in [3.8, 4) is 6.07 Å². The maximum atomic E-state index is 14.0. The van der Waals surface area contributed by atoms with Gasteiger partial charge in [-0.1, -0.05) is 0 Å². The zero-order valence-electron chi connectivity index (χ0n) is 16.2. The van der Waals surface area contributed by atoms with E-state index in [1.54, 1.807) is 11.8 Å². The number of benzene rings is 1. The van der Waals surface area contributed by atoms with E-state index in [1.807, 2.05) is 19.9 Å². The Balaban J connectivity index is 1.87. The molecule has 28 heavy (non-hydrogen) atoms. The molecule has 2 atom stereocenters. The number of aromatic nitrogens is 2. The second kappa shape index (κ2) is 8.50. The fourth-order valence-electron chi connectivity index (χ4n) is 3.43. The first-order valence-corrected chi connectivity index (χ1v) is 9.15. The Bertz CT molecular complexity index is 919. The van der Waals surface area contributed by atoms with Crippen LogP contribution in [0, 0.1) is 17.1 Å². The van der Waals surface area contributed by atoms with Gasteiger partial charge >= 0.3 is 0 Å². The Morgan fingerprint density at radius 3 is 3.00 bits per heavy atom. The lowest BCUT2D eigenvalue weighted by atomic mass is 9.99. The van der Waals surface area contributed by atoms with Crippen molar-refractivity contribution in [1.29, 1.82) is 5.26 Å². The molecule has 0 saturated heterocycles. The average molecular weight is 386 g/mol. The second-order valence-corrected chi connectivity index (χ2v) is 6.82. The molecule has 1 amide bonds. The number of amides is 1. The van der Waals surface area contributed by atoms with Crippen LogP contribution in [0.3, 0.4) is 0 Å². The average Bonchev–Trinajstić information content (AvgIpc) is 3.04. The number of carbonyl (C=O) groups excluding carboxylic acids is 1. The van der Waals surface area contributed by atoms with E-state index in [4.69, 9.17) is 14.7 Å². The molecule has 1 N–H and O–H groups in total. The highest BCUT2D eigenvalue weighted by Crippen LogP contribution is 2.31. The molecule has 148 valence electrons. The molecule has 1 aromatic carbocycles. The summed E-state index contributed by atoms with van der Waals surface area (Å²) in [6, 6.07) is 6.04. The van der Waals surface area contributed by atoms with Gasteiger partial charge in [-0.25, -0.2) is 4.39 Å². The number of hydrogen-bond acceptors (Lipinski definition) is 5. The van der Waals surface area contributed by atoms with Crippen molar-refractivity contribution in [3.63, 3.8) is 0 Å². The fraction of sp³-hybridized carbons (Fsp3) is 0.450. The second-order valence-electron chi connectivity index (χ2n) is 6.82. The van der Waals surface area contributed by atoms with Crippen molar-refractivity contribution in [1.82, 2.24) is 15.1 Å². The van der Waals surface area contributed by atoms with Crippen LogP contribution in [0.1, 0.15) is 52.8 Å². The van der Waals surface area contributed by atoms with E-state index in [0.717, 1.165) is 11.3 Å². The number of methoxy groups -OCH3 is 1. The summed E-state index contributed by atoms with van der Waals surface area (Å²) in [7, 11) is 1.59. The highest BCUT2D eigenvalue weighted by atomic mass is 19.1. The summed E-state index contributed by atoms with van der Waals surface area (Å²) < 4.78 is 26.6. The first kappa shape index (κ1) is 20.0. The van der Waals surface area contributed by atoms with E-state index in [0.29, 0.717) is 30.8 Å². The van der Waals surface area contributed by atoms with Gasteiger partial charge in [-0.2, -0.15) is 10.4 Å². The number of halogens is 1. The molecule has 0 bridgehead atoms. The molecule has 0 aliphatic carbocycles. The molecule has 1 aliphatic heterocycles. The normalized spacial score (nSPS) is 18.4. The molecule has 0 radical (unpaired) electrons. The van der Waals surface area contributed by atoms with Crippen LogP contribution in [0.25, 0.3) is 0 Å². The summed E-state index contributed by atoms with van der Waals surface area (Å²) in [4.78, 5) is 13.0. The summed E-state index contributed by atoms with van der Waals surface area (Å²) in [5.41, 5.74) is 2.65. The summed E-state index contributed by atoms with van der Waals surface area (Å²) in [5.74, 6) is -0.808. The summed E-state index contributed by atoms with van der Waals surface area (Å²) in [6.07, 6.45) is 0.339. The standard InChI is InChI=1S/C20H23FN4O3/c1-12-8-16-18(13(2)28-12)24-25(6-7-27-3)19(16)20(26)23-11-15-9-14(10-22)4-5-17(15)21/h4-5,9,12-13H,6-8,11H2,1-3H3,(H,23,26)/t12-,13+/m0/s1. The summed E-state index contributed by atoms with van der Waals surface area (Å²) >= 11 is 0. The smallest absolute Gasteiger partial charge is 0.270 e. The number of nitriles is 1. The molecule has 2 aromatic rings. The van der Waals surface area contributed by atoms with Crippen LogP contribution in [-0.4, -0.2) is 35.5 Å². The van der Waals surface area contributed by atoms with Gasteiger partial charge in [-0.05, 0) is 32.0 Å². The van der Waals surface area contributed by atoms with E-state index in [-0.39, 0.29) is 30.2 Å². The molecule has 0 unspecified atom stereocenters. The molecular formula is C20H23FN4O3. The van der Waals surface area contributed by atoms with E-state index in [9.17, 15) is 9.18 Å². The topological polar surface area (TPSA) is 89.2 Å². The minimum absolute atomic E-state index is 0.0218. The molecule has 2 heterocycles. The summed E-state index contributed by atoms with van der Waals surface area (Å²) in [5, 5.41) is 16.3. The predicted molar refractivity (Wildman–Crippen MR) is 99.1 cm³/mol. The van der Waals surface area contributed by atoms with Crippen LogP contribution >= 0.6 is 0 Å². The fourth-order valence-corrected chi connectivity index (χ4v) is 3.43. The Morgan fingerprint density at radius 1 is 1.50 bits per heavy atom. The largest absolute Gasteiger partial charge is 0.383 e. The minimum atomic E-state index is -0.468. The third kappa shape index (κ3) is 4.06. The van der Waals surface area contributed by atoms with Gasteiger partial charge < -0.3 is 14.8 Å². The number of rotatable bonds is 6. The predicted octanol–water partition coefficient (Wildman–Crippen LogP) is 2.49. The Morgan fingerprint density at radius 2 is 2.29 bits per heavy atom. The quantitative estimate of drug-likeness (QED) is 0.824. The van der Waals surface area contributed by atoms with Crippen molar-refractivity contribution in [2.24, 2.45) is 0 Å². The van der Waals surface area contributed by atoms with Crippen LogP contribution in [0.15, 0.2) is 18.2 Å². The highest BCUT2D eigenvalue weighted by molar-refractivity contribution is 5.94. The minimum Gasteiger partial charge on any atom is -0.383 e.